The van der Waals surface area contributed by atoms with Crippen molar-refractivity contribution in [2.45, 2.75) is 33.0 Å². The standard InChI is InChI=1S/C19H21ClO4/c1-4-22-18(21)19(2,3)24-17-11-9-16(10-12-17)23-13-14-5-7-15(20)8-6-14/h5-12H,4,13H2,1-3H3. The lowest BCUT2D eigenvalue weighted by Gasteiger charge is -2.24. The Bertz CT molecular complexity index is 663. The molecule has 0 atom stereocenters. The molecule has 0 aliphatic heterocycles. The van der Waals surface area contributed by atoms with E-state index in [1.54, 1.807) is 45.0 Å². The van der Waals surface area contributed by atoms with Crippen LogP contribution in [-0.4, -0.2) is 18.2 Å². The molecule has 128 valence electrons. The smallest absolute Gasteiger partial charge is 0.349 e. The maximum Gasteiger partial charge on any atom is 0.349 e. The molecule has 0 fully saturated rings. The Morgan fingerprint density at radius 2 is 1.58 bits per heavy atom. The van der Waals surface area contributed by atoms with Crippen molar-refractivity contribution >= 4 is 17.6 Å². The summed E-state index contributed by atoms with van der Waals surface area (Å²) in [7, 11) is 0. The SMILES string of the molecule is CCOC(=O)C(C)(C)Oc1ccc(OCc2ccc(Cl)cc2)cc1. The van der Waals surface area contributed by atoms with E-state index in [2.05, 4.69) is 0 Å². The van der Waals surface area contributed by atoms with Crippen LogP contribution >= 0.6 is 11.6 Å². The van der Waals surface area contributed by atoms with Crippen LogP contribution in [0.15, 0.2) is 48.5 Å². The average molecular weight is 349 g/mol. The first-order valence-corrected chi connectivity index (χ1v) is 8.12. The summed E-state index contributed by atoms with van der Waals surface area (Å²) in [4.78, 5) is 11.8. The second kappa shape index (κ2) is 8.06. The van der Waals surface area contributed by atoms with Crippen molar-refractivity contribution in [2.24, 2.45) is 0 Å². The van der Waals surface area contributed by atoms with Crippen LogP contribution in [0.2, 0.25) is 5.02 Å². The molecule has 0 bridgehead atoms. The Labute approximate surface area is 147 Å². The van der Waals surface area contributed by atoms with E-state index in [9.17, 15) is 4.79 Å². The topological polar surface area (TPSA) is 44.8 Å². The number of hydrogen-bond donors (Lipinski definition) is 0. The van der Waals surface area contributed by atoms with Crippen molar-refractivity contribution in [1.29, 1.82) is 0 Å². The molecule has 0 radical (unpaired) electrons. The van der Waals surface area contributed by atoms with Gasteiger partial charge in [-0.25, -0.2) is 4.79 Å². The molecule has 0 heterocycles. The first kappa shape index (κ1) is 18.1. The number of carbonyl (C=O) groups excluding carboxylic acids is 1. The maximum atomic E-state index is 11.8. The molecule has 0 unspecified atom stereocenters. The quantitative estimate of drug-likeness (QED) is 0.684. The van der Waals surface area contributed by atoms with Crippen LogP contribution in [0.3, 0.4) is 0 Å². The number of rotatable bonds is 7. The number of benzene rings is 2. The van der Waals surface area contributed by atoms with E-state index in [0.717, 1.165) is 5.56 Å². The predicted octanol–water partition coefficient (Wildman–Crippen LogP) is 4.64. The molecule has 2 rings (SSSR count). The van der Waals surface area contributed by atoms with Gasteiger partial charge < -0.3 is 14.2 Å². The highest BCUT2D eigenvalue weighted by atomic mass is 35.5. The monoisotopic (exact) mass is 348 g/mol. The van der Waals surface area contributed by atoms with Crippen molar-refractivity contribution in [3.8, 4) is 11.5 Å². The van der Waals surface area contributed by atoms with Gasteiger partial charge in [-0.2, -0.15) is 0 Å². The van der Waals surface area contributed by atoms with E-state index in [1.165, 1.54) is 0 Å². The molecule has 0 saturated carbocycles. The van der Waals surface area contributed by atoms with E-state index < -0.39 is 11.6 Å². The third-order valence-corrected chi connectivity index (χ3v) is 3.53. The van der Waals surface area contributed by atoms with Crippen molar-refractivity contribution in [3.63, 3.8) is 0 Å². The third kappa shape index (κ3) is 5.17. The number of ether oxygens (including phenoxy) is 3. The minimum atomic E-state index is -1.04. The van der Waals surface area contributed by atoms with E-state index in [4.69, 9.17) is 25.8 Å². The van der Waals surface area contributed by atoms with Gasteiger partial charge in [0, 0.05) is 5.02 Å². The summed E-state index contributed by atoms with van der Waals surface area (Å²) in [5.41, 5.74) is -0.00928. The van der Waals surface area contributed by atoms with Gasteiger partial charge in [-0.15, -0.1) is 0 Å². The van der Waals surface area contributed by atoms with Crippen LogP contribution in [0.25, 0.3) is 0 Å². The van der Waals surface area contributed by atoms with Gasteiger partial charge in [-0.05, 0) is 62.7 Å². The lowest BCUT2D eigenvalue weighted by Crippen LogP contribution is -2.39. The first-order valence-electron chi connectivity index (χ1n) is 7.74. The normalized spacial score (nSPS) is 11.0. The van der Waals surface area contributed by atoms with E-state index in [1.807, 2.05) is 24.3 Å². The lowest BCUT2D eigenvalue weighted by atomic mass is 10.1. The second-order valence-corrected chi connectivity index (χ2v) is 6.16. The van der Waals surface area contributed by atoms with Gasteiger partial charge in [0.05, 0.1) is 6.61 Å². The molecule has 24 heavy (non-hydrogen) atoms. The molecule has 0 aliphatic carbocycles. The van der Waals surface area contributed by atoms with Crippen molar-refractivity contribution in [3.05, 3.63) is 59.1 Å². The number of carbonyl (C=O) groups is 1. The van der Waals surface area contributed by atoms with Gasteiger partial charge in [0.1, 0.15) is 18.1 Å². The van der Waals surface area contributed by atoms with Crippen LogP contribution in [-0.2, 0) is 16.1 Å². The van der Waals surface area contributed by atoms with E-state index >= 15 is 0 Å². The predicted molar refractivity (Wildman–Crippen MR) is 93.6 cm³/mol. The summed E-state index contributed by atoms with van der Waals surface area (Å²) in [5, 5.41) is 0.699. The molecule has 0 amide bonds. The van der Waals surface area contributed by atoms with Crippen molar-refractivity contribution in [2.75, 3.05) is 6.61 Å². The summed E-state index contributed by atoms with van der Waals surface area (Å²) in [5.74, 6) is 0.895. The summed E-state index contributed by atoms with van der Waals surface area (Å²) in [6.07, 6.45) is 0. The van der Waals surface area contributed by atoms with Crippen LogP contribution in [0.4, 0.5) is 0 Å². The van der Waals surface area contributed by atoms with Gasteiger partial charge >= 0.3 is 5.97 Å². The number of halogens is 1. The highest BCUT2D eigenvalue weighted by Crippen LogP contribution is 2.23. The summed E-state index contributed by atoms with van der Waals surface area (Å²) in [6.45, 7) is 5.89. The Kier molecular flexibility index (Phi) is 6.10. The summed E-state index contributed by atoms with van der Waals surface area (Å²) in [6, 6.07) is 14.6. The second-order valence-electron chi connectivity index (χ2n) is 5.72. The third-order valence-electron chi connectivity index (χ3n) is 3.28. The molecular weight excluding hydrogens is 328 g/mol. The zero-order valence-corrected chi connectivity index (χ0v) is 14.8. The van der Waals surface area contributed by atoms with Gasteiger partial charge in [0.2, 0.25) is 0 Å². The Morgan fingerprint density at radius 3 is 2.17 bits per heavy atom. The molecule has 5 heteroatoms. The minimum Gasteiger partial charge on any atom is -0.489 e. The Balaban J connectivity index is 1.92. The largest absolute Gasteiger partial charge is 0.489 e. The van der Waals surface area contributed by atoms with Crippen LogP contribution < -0.4 is 9.47 Å². The molecule has 2 aromatic rings. The first-order chi connectivity index (χ1) is 11.4. The molecule has 0 N–H and O–H groups in total. The van der Waals surface area contributed by atoms with Crippen LogP contribution in [0.1, 0.15) is 26.3 Å². The molecular formula is C19H21ClO4. The van der Waals surface area contributed by atoms with Crippen molar-refractivity contribution < 1.29 is 19.0 Å². The number of esters is 1. The Morgan fingerprint density at radius 1 is 1.00 bits per heavy atom. The molecule has 0 saturated heterocycles. The molecule has 0 spiro atoms. The fourth-order valence-electron chi connectivity index (χ4n) is 1.99. The molecule has 2 aromatic carbocycles. The highest BCUT2D eigenvalue weighted by Gasteiger charge is 2.31. The fourth-order valence-corrected chi connectivity index (χ4v) is 2.12. The van der Waals surface area contributed by atoms with Gasteiger partial charge in [0.15, 0.2) is 5.60 Å². The average Bonchev–Trinajstić information content (AvgIpc) is 2.55. The van der Waals surface area contributed by atoms with E-state index in [-0.39, 0.29) is 0 Å². The van der Waals surface area contributed by atoms with Crippen LogP contribution in [0, 0.1) is 0 Å². The summed E-state index contributed by atoms with van der Waals surface area (Å²) < 4.78 is 16.4. The lowest BCUT2D eigenvalue weighted by molar-refractivity contribution is -0.158. The molecule has 0 aliphatic rings. The van der Waals surface area contributed by atoms with Gasteiger partial charge in [-0.1, -0.05) is 23.7 Å². The number of hydrogen-bond acceptors (Lipinski definition) is 4. The van der Waals surface area contributed by atoms with E-state index in [0.29, 0.717) is 29.7 Å². The zero-order chi connectivity index (χ0) is 17.6. The van der Waals surface area contributed by atoms with Gasteiger partial charge in [-0.3, -0.25) is 0 Å². The highest BCUT2D eigenvalue weighted by molar-refractivity contribution is 6.30. The molecule has 0 aromatic heterocycles. The van der Waals surface area contributed by atoms with Gasteiger partial charge in [0.25, 0.3) is 0 Å². The fraction of sp³-hybridized carbons (Fsp3) is 0.316. The van der Waals surface area contributed by atoms with Crippen molar-refractivity contribution in [1.82, 2.24) is 0 Å². The molecule has 4 nitrogen and oxygen atoms in total. The van der Waals surface area contributed by atoms with Crippen LogP contribution in [0.5, 0.6) is 11.5 Å². The Hall–Kier alpha value is -2.20. The maximum absolute atomic E-state index is 11.8. The minimum absolute atomic E-state index is 0.323. The summed E-state index contributed by atoms with van der Waals surface area (Å²) >= 11 is 5.85. The zero-order valence-electron chi connectivity index (χ0n) is 14.0.